The number of hydrogen-bond donors (Lipinski definition) is 4. The summed E-state index contributed by atoms with van der Waals surface area (Å²) in [6.07, 6.45) is 0.828. The highest BCUT2D eigenvalue weighted by atomic mass is 16.5. The molecule has 0 saturated heterocycles. The second kappa shape index (κ2) is 18.7. The highest BCUT2D eigenvalue weighted by Gasteiger charge is 2.12. The van der Waals surface area contributed by atoms with Crippen molar-refractivity contribution in [3.63, 3.8) is 0 Å². The number of carbonyl (C=O) groups excluding carboxylic acids is 1. The number of benzene rings is 3. The first-order valence-electron chi connectivity index (χ1n) is 14.9. The summed E-state index contributed by atoms with van der Waals surface area (Å²) in [4.78, 5) is 25.7. The fourth-order valence-electron chi connectivity index (χ4n) is 4.33. The van der Waals surface area contributed by atoms with Crippen molar-refractivity contribution in [2.45, 2.75) is 13.0 Å². The maximum atomic E-state index is 12.0. The molecule has 3 aromatic carbocycles. The van der Waals surface area contributed by atoms with Gasteiger partial charge in [0.25, 0.3) is 5.91 Å². The van der Waals surface area contributed by atoms with E-state index in [2.05, 4.69) is 48.4 Å². The number of ether oxygens (including phenoxy) is 4. The zero-order valence-corrected chi connectivity index (χ0v) is 25.8. The molecule has 0 saturated carbocycles. The van der Waals surface area contributed by atoms with Gasteiger partial charge >= 0.3 is 0 Å². The predicted molar refractivity (Wildman–Crippen MR) is 174 cm³/mol. The Morgan fingerprint density at radius 1 is 0.644 bits per heavy atom. The Morgan fingerprint density at radius 3 is 1.93 bits per heavy atom. The average Bonchev–Trinajstić information content (AvgIpc) is 3.08. The molecule has 4 N–H and O–H groups in total. The summed E-state index contributed by atoms with van der Waals surface area (Å²) in [5, 5.41) is 12.6. The highest BCUT2D eigenvalue weighted by molar-refractivity contribution is 5.94. The number of nitrogens with zero attached hydrogens (tertiary/aromatic N) is 3. The molecule has 0 aliphatic heterocycles. The van der Waals surface area contributed by atoms with Crippen LogP contribution in [-0.4, -0.2) is 81.1 Å². The van der Waals surface area contributed by atoms with E-state index in [9.17, 15) is 4.79 Å². The summed E-state index contributed by atoms with van der Waals surface area (Å²) in [6.45, 7) is 3.68. The van der Waals surface area contributed by atoms with Crippen molar-refractivity contribution in [2.24, 2.45) is 0 Å². The van der Waals surface area contributed by atoms with E-state index in [0.29, 0.717) is 87.5 Å². The maximum Gasteiger partial charge on any atom is 0.251 e. The van der Waals surface area contributed by atoms with E-state index in [1.54, 1.807) is 26.4 Å². The number of carbonyl (C=O) groups is 1. The molecule has 0 aliphatic rings. The van der Waals surface area contributed by atoms with E-state index in [4.69, 9.17) is 18.9 Å². The molecule has 1 amide bonds. The normalized spacial score (nSPS) is 10.6. The molecule has 12 heteroatoms. The van der Waals surface area contributed by atoms with E-state index in [0.717, 1.165) is 12.0 Å². The van der Waals surface area contributed by atoms with Gasteiger partial charge in [-0.3, -0.25) is 4.79 Å². The molecule has 1 heterocycles. The van der Waals surface area contributed by atoms with E-state index < -0.39 is 0 Å². The molecule has 0 radical (unpaired) electrons. The molecule has 1 aromatic heterocycles. The van der Waals surface area contributed by atoms with Gasteiger partial charge in [-0.15, -0.1) is 0 Å². The fourth-order valence-corrected chi connectivity index (χ4v) is 4.33. The van der Waals surface area contributed by atoms with Crippen LogP contribution in [0.15, 0.2) is 78.9 Å². The lowest BCUT2D eigenvalue weighted by atomic mass is 10.1. The third-order valence-electron chi connectivity index (χ3n) is 6.57. The Bertz CT molecular complexity index is 1440. The third-order valence-corrected chi connectivity index (χ3v) is 6.57. The summed E-state index contributed by atoms with van der Waals surface area (Å²) >= 11 is 0. The lowest BCUT2D eigenvalue weighted by Crippen LogP contribution is -2.27. The third kappa shape index (κ3) is 11.2. The number of aromatic nitrogens is 3. The molecule has 0 atom stereocenters. The van der Waals surface area contributed by atoms with Crippen LogP contribution in [0.3, 0.4) is 0 Å². The molecule has 238 valence electrons. The van der Waals surface area contributed by atoms with Crippen LogP contribution in [0.2, 0.25) is 0 Å². The monoisotopic (exact) mass is 615 g/mol. The number of rotatable bonds is 20. The van der Waals surface area contributed by atoms with Gasteiger partial charge in [0.15, 0.2) is 11.5 Å². The molecule has 0 spiro atoms. The van der Waals surface area contributed by atoms with Crippen molar-refractivity contribution in [1.29, 1.82) is 0 Å². The Kier molecular flexibility index (Phi) is 13.7. The van der Waals surface area contributed by atoms with Gasteiger partial charge in [0.2, 0.25) is 17.8 Å². The first-order chi connectivity index (χ1) is 22.2. The van der Waals surface area contributed by atoms with Crippen LogP contribution >= 0.6 is 0 Å². The molecule has 4 rings (SSSR count). The number of methoxy groups -OCH3 is 2. The van der Waals surface area contributed by atoms with Crippen LogP contribution in [0.5, 0.6) is 11.5 Å². The topological polar surface area (TPSA) is 141 Å². The Hall–Kier alpha value is -4.94. The SMILES string of the molecule is COc1cccc(CNc2nc(NCCOCCOCCNC(=O)c3ccccc3)nc(NCCc3ccccc3)n2)c1OC. The van der Waals surface area contributed by atoms with Crippen LogP contribution in [-0.2, 0) is 22.4 Å². The van der Waals surface area contributed by atoms with Gasteiger partial charge in [-0.1, -0.05) is 60.7 Å². The maximum absolute atomic E-state index is 12.0. The Balaban J connectivity index is 1.22. The second-order valence-corrected chi connectivity index (χ2v) is 9.75. The van der Waals surface area contributed by atoms with E-state index in [1.165, 1.54) is 5.56 Å². The van der Waals surface area contributed by atoms with Crippen molar-refractivity contribution in [3.8, 4) is 11.5 Å². The smallest absolute Gasteiger partial charge is 0.251 e. The van der Waals surface area contributed by atoms with Gasteiger partial charge in [-0.05, 0) is 30.2 Å². The number of nitrogens with one attached hydrogen (secondary N) is 4. The Labute approximate surface area is 263 Å². The molecule has 0 bridgehead atoms. The van der Waals surface area contributed by atoms with Crippen molar-refractivity contribution >= 4 is 23.8 Å². The van der Waals surface area contributed by atoms with Crippen molar-refractivity contribution < 1.29 is 23.7 Å². The lowest BCUT2D eigenvalue weighted by Gasteiger charge is -2.14. The second-order valence-electron chi connectivity index (χ2n) is 9.75. The predicted octanol–water partition coefficient (Wildman–Crippen LogP) is 4.03. The molecule has 12 nitrogen and oxygen atoms in total. The summed E-state index contributed by atoms with van der Waals surface area (Å²) in [5.41, 5.74) is 2.75. The minimum Gasteiger partial charge on any atom is -0.493 e. The summed E-state index contributed by atoms with van der Waals surface area (Å²) in [6, 6.07) is 25.0. The fraction of sp³-hybridized carbons (Fsp3) is 0.333. The lowest BCUT2D eigenvalue weighted by molar-refractivity contribution is 0.0519. The van der Waals surface area contributed by atoms with Crippen molar-refractivity contribution in [3.05, 3.63) is 95.6 Å². The van der Waals surface area contributed by atoms with Crippen LogP contribution in [0.4, 0.5) is 17.8 Å². The Morgan fingerprint density at radius 2 is 1.27 bits per heavy atom. The van der Waals surface area contributed by atoms with Crippen LogP contribution in [0, 0.1) is 0 Å². The average molecular weight is 616 g/mol. The first-order valence-corrected chi connectivity index (χ1v) is 14.9. The number of amides is 1. The van der Waals surface area contributed by atoms with Crippen molar-refractivity contribution in [2.75, 3.05) is 76.2 Å². The first kappa shape index (κ1) is 33.0. The van der Waals surface area contributed by atoms with Gasteiger partial charge in [-0.25, -0.2) is 0 Å². The number of anilines is 3. The summed E-state index contributed by atoms with van der Waals surface area (Å²) in [7, 11) is 3.22. The van der Waals surface area contributed by atoms with Gasteiger partial charge in [-0.2, -0.15) is 15.0 Å². The zero-order valence-electron chi connectivity index (χ0n) is 25.8. The van der Waals surface area contributed by atoms with Gasteiger partial charge in [0, 0.05) is 37.3 Å². The van der Waals surface area contributed by atoms with Gasteiger partial charge < -0.3 is 40.2 Å². The number of para-hydroxylation sites is 1. The van der Waals surface area contributed by atoms with E-state index in [1.807, 2.05) is 54.6 Å². The zero-order chi connectivity index (χ0) is 31.5. The van der Waals surface area contributed by atoms with Crippen molar-refractivity contribution in [1.82, 2.24) is 20.3 Å². The summed E-state index contributed by atoms with van der Waals surface area (Å²) in [5.74, 6) is 2.47. The van der Waals surface area contributed by atoms with Crippen LogP contribution in [0.25, 0.3) is 0 Å². The molecule has 4 aromatic rings. The summed E-state index contributed by atoms with van der Waals surface area (Å²) < 4.78 is 22.2. The quantitative estimate of drug-likeness (QED) is 0.107. The van der Waals surface area contributed by atoms with Crippen LogP contribution in [0.1, 0.15) is 21.5 Å². The van der Waals surface area contributed by atoms with Gasteiger partial charge in [0.05, 0.1) is 40.6 Å². The highest BCUT2D eigenvalue weighted by Crippen LogP contribution is 2.31. The van der Waals surface area contributed by atoms with E-state index >= 15 is 0 Å². The molecule has 0 aliphatic carbocycles. The number of hydrogen-bond acceptors (Lipinski definition) is 11. The minimum atomic E-state index is -0.118. The standard InChI is InChI=1S/C33H41N7O5/c1-42-28-15-9-14-27(29(28)43-2)24-37-33-39-31(35-17-16-25-10-5-3-6-11-25)38-32(40-33)36-19-21-45-23-22-44-20-18-34-30(41)26-12-7-4-8-13-26/h3-15H,16-24H2,1-2H3,(H,34,41)(H3,35,36,37,38,39,40). The van der Waals surface area contributed by atoms with E-state index in [-0.39, 0.29) is 5.91 Å². The molecular weight excluding hydrogens is 574 g/mol. The molecule has 0 unspecified atom stereocenters. The van der Waals surface area contributed by atoms with Crippen LogP contribution < -0.4 is 30.7 Å². The molecule has 0 fully saturated rings. The molecule has 45 heavy (non-hydrogen) atoms. The van der Waals surface area contributed by atoms with Gasteiger partial charge in [0.1, 0.15) is 0 Å². The largest absolute Gasteiger partial charge is 0.493 e. The molecular formula is C33H41N7O5. The minimum absolute atomic E-state index is 0.118.